The minimum absolute atomic E-state index is 0. The van der Waals surface area contributed by atoms with E-state index in [9.17, 15) is 0 Å². The van der Waals surface area contributed by atoms with Gasteiger partial charge in [0, 0.05) is 25.3 Å². The molecule has 0 bridgehead atoms. The van der Waals surface area contributed by atoms with Gasteiger partial charge in [-0.1, -0.05) is 12.1 Å². The van der Waals surface area contributed by atoms with Gasteiger partial charge in [0.05, 0.1) is 12.3 Å². The number of nitrogens with one attached hydrogen (secondary N) is 3. The molecule has 3 N–H and O–H groups in total. The van der Waals surface area contributed by atoms with E-state index in [1.807, 2.05) is 12.1 Å². The van der Waals surface area contributed by atoms with E-state index in [0.717, 1.165) is 25.6 Å². The van der Waals surface area contributed by atoms with Crippen LogP contribution in [0.1, 0.15) is 44.1 Å². The minimum Gasteiger partial charge on any atom is -0.461 e. The van der Waals surface area contributed by atoms with Crippen molar-refractivity contribution in [1.82, 2.24) is 25.8 Å². The molecule has 3 aromatic rings. The van der Waals surface area contributed by atoms with Crippen molar-refractivity contribution in [2.75, 3.05) is 24.5 Å². The van der Waals surface area contributed by atoms with Crippen molar-refractivity contribution in [1.29, 1.82) is 0 Å². The highest BCUT2D eigenvalue weighted by Crippen LogP contribution is 2.24. The molecule has 8 nitrogen and oxygen atoms in total. The van der Waals surface area contributed by atoms with Gasteiger partial charge in [0.15, 0.2) is 11.7 Å². The molecule has 0 spiro atoms. The Balaban J connectivity index is 0.00000272. The fourth-order valence-corrected chi connectivity index (χ4v) is 3.61. The van der Waals surface area contributed by atoms with Crippen LogP contribution in [0.25, 0.3) is 11.6 Å². The first-order valence-corrected chi connectivity index (χ1v) is 10.6. The first-order chi connectivity index (χ1) is 14.7. The summed E-state index contributed by atoms with van der Waals surface area (Å²) in [5, 5.41) is 13.9. The van der Waals surface area contributed by atoms with E-state index in [2.05, 4.69) is 73.8 Å². The molecule has 1 atom stereocenters. The fraction of sp³-hybridized carbons (Fsp3) is 0.409. The van der Waals surface area contributed by atoms with E-state index in [-0.39, 0.29) is 30.0 Å². The second-order valence-corrected chi connectivity index (χ2v) is 7.43. The van der Waals surface area contributed by atoms with Gasteiger partial charge in [0.2, 0.25) is 5.82 Å². The number of guanidine groups is 1. The van der Waals surface area contributed by atoms with Gasteiger partial charge < -0.3 is 20.0 Å². The molecule has 1 unspecified atom stereocenters. The summed E-state index contributed by atoms with van der Waals surface area (Å²) >= 11 is 0. The van der Waals surface area contributed by atoms with E-state index in [1.165, 1.54) is 24.1 Å². The molecular formula is C22H30IN7O. The third-order valence-electron chi connectivity index (χ3n) is 5.20. The Labute approximate surface area is 199 Å². The Morgan fingerprint density at radius 3 is 2.84 bits per heavy atom. The van der Waals surface area contributed by atoms with Crippen LogP contribution in [0.5, 0.6) is 0 Å². The topological polar surface area (TPSA) is 94.4 Å². The lowest BCUT2D eigenvalue weighted by molar-refractivity contribution is 0.577. The molecule has 0 aliphatic carbocycles. The smallest absolute Gasteiger partial charge is 0.216 e. The first-order valence-electron chi connectivity index (χ1n) is 10.6. The zero-order valence-corrected chi connectivity index (χ0v) is 20.3. The SMILES string of the molecule is CCNC(=NCc1nc(-c2ccco2)n[nH]1)NC(C)c1cccc(N2CCCC2)c1.I. The van der Waals surface area contributed by atoms with Gasteiger partial charge >= 0.3 is 0 Å². The molecule has 0 radical (unpaired) electrons. The summed E-state index contributed by atoms with van der Waals surface area (Å²) < 4.78 is 5.34. The van der Waals surface area contributed by atoms with Crippen molar-refractivity contribution in [2.45, 2.75) is 39.3 Å². The lowest BCUT2D eigenvalue weighted by atomic mass is 10.1. The summed E-state index contributed by atoms with van der Waals surface area (Å²) in [4.78, 5) is 11.6. The average molecular weight is 535 g/mol. The summed E-state index contributed by atoms with van der Waals surface area (Å²) in [5.74, 6) is 2.60. The highest BCUT2D eigenvalue weighted by Gasteiger charge is 2.15. The summed E-state index contributed by atoms with van der Waals surface area (Å²) in [6, 6.07) is 12.5. The number of anilines is 1. The molecule has 9 heteroatoms. The van der Waals surface area contributed by atoms with E-state index >= 15 is 0 Å². The zero-order valence-electron chi connectivity index (χ0n) is 18.0. The molecule has 1 fully saturated rings. The van der Waals surface area contributed by atoms with Crippen LogP contribution in [0.4, 0.5) is 5.69 Å². The number of hydrogen-bond acceptors (Lipinski definition) is 5. The molecule has 0 saturated carbocycles. The number of aromatic nitrogens is 3. The third-order valence-corrected chi connectivity index (χ3v) is 5.20. The van der Waals surface area contributed by atoms with Crippen molar-refractivity contribution in [3.05, 3.63) is 54.0 Å². The number of aromatic amines is 1. The summed E-state index contributed by atoms with van der Waals surface area (Å²) in [7, 11) is 0. The number of furan rings is 1. The van der Waals surface area contributed by atoms with E-state index < -0.39 is 0 Å². The number of halogens is 1. The average Bonchev–Trinajstić information content (AvgIpc) is 3.54. The second-order valence-electron chi connectivity index (χ2n) is 7.43. The van der Waals surface area contributed by atoms with E-state index in [4.69, 9.17) is 4.42 Å². The Morgan fingerprint density at radius 2 is 2.10 bits per heavy atom. The van der Waals surface area contributed by atoms with Crippen molar-refractivity contribution in [2.24, 2.45) is 4.99 Å². The molecule has 166 valence electrons. The van der Waals surface area contributed by atoms with Gasteiger partial charge in [-0.2, -0.15) is 0 Å². The molecular weight excluding hydrogens is 505 g/mol. The summed E-state index contributed by atoms with van der Waals surface area (Å²) in [6.45, 7) is 7.67. The lowest BCUT2D eigenvalue weighted by Gasteiger charge is -2.22. The van der Waals surface area contributed by atoms with Crippen molar-refractivity contribution in [3.63, 3.8) is 0 Å². The van der Waals surface area contributed by atoms with Gasteiger partial charge in [-0.15, -0.1) is 29.1 Å². The van der Waals surface area contributed by atoms with Crippen LogP contribution >= 0.6 is 24.0 Å². The normalized spacial score (nSPS) is 14.9. The van der Waals surface area contributed by atoms with Gasteiger partial charge in [0.1, 0.15) is 12.4 Å². The first kappa shape index (κ1) is 23.1. The number of H-pyrrole nitrogens is 1. The number of rotatable bonds is 7. The Kier molecular flexibility index (Phi) is 8.33. The monoisotopic (exact) mass is 535 g/mol. The van der Waals surface area contributed by atoms with Crippen molar-refractivity contribution >= 4 is 35.6 Å². The van der Waals surface area contributed by atoms with Crippen LogP contribution in [-0.2, 0) is 6.54 Å². The quantitative estimate of drug-likeness (QED) is 0.240. The highest BCUT2D eigenvalue weighted by molar-refractivity contribution is 14.0. The second kappa shape index (κ2) is 11.2. The maximum atomic E-state index is 5.34. The van der Waals surface area contributed by atoms with Gasteiger partial charge in [0.25, 0.3) is 0 Å². The predicted molar refractivity (Wildman–Crippen MR) is 134 cm³/mol. The molecule has 1 aliphatic rings. The van der Waals surface area contributed by atoms with Crippen LogP contribution in [0, 0.1) is 0 Å². The molecule has 1 aromatic carbocycles. The molecule has 1 saturated heterocycles. The molecule has 31 heavy (non-hydrogen) atoms. The summed E-state index contributed by atoms with van der Waals surface area (Å²) in [5.41, 5.74) is 2.54. The van der Waals surface area contributed by atoms with E-state index in [0.29, 0.717) is 24.0 Å². The predicted octanol–water partition coefficient (Wildman–Crippen LogP) is 4.10. The number of benzene rings is 1. The molecule has 1 aliphatic heterocycles. The number of nitrogens with zero attached hydrogens (tertiary/aromatic N) is 4. The Bertz CT molecular complexity index is 964. The van der Waals surface area contributed by atoms with Crippen LogP contribution in [0.3, 0.4) is 0 Å². The van der Waals surface area contributed by atoms with E-state index in [1.54, 1.807) is 6.26 Å². The van der Waals surface area contributed by atoms with Crippen LogP contribution in [0.15, 0.2) is 52.1 Å². The standard InChI is InChI=1S/C22H29N7O.HI/c1-3-23-22(24-15-20-26-21(28-27-20)19-10-7-13-30-19)25-16(2)17-8-6-9-18(14-17)29-11-4-5-12-29;/h6-10,13-14,16H,3-5,11-12,15H2,1-2H3,(H2,23,24,25)(H,26,27,28);1H. The largest absolute Gasteiger partial charge is 0.461 e. The maximum Gasteiger partial charge on any atom is 0.216 e. The van der Waals surface area contributed by atoms with Crippen molar-refractivity contribution < 1.29 is 4.42 Å². The van der Waals surface area contributed by atoms with Gasteiger partial charge in [-0.05, 0) is 56.5 Å². The maximum absolute atomic E-state index is 5.34. The van der Waals surface area contributed by atoms with Gasteiger partial charge in [-0.3, -0.25) is 5.10 Å². The lowest BCUT2D eigenvalue weighted by Crippen LogP contribution is -2.38. The zero-order chi connectivity index (χ0) is 20.8. The molecule has 4 rings (SSSR count). The summed E-state index contributed by atoms with van der Waals surface area (Å²) in [6.07, 6.45) is 4.16. The van der Waals surface area contributed by atoms with Crippen LogP contribution < -0.4 is 15.5 Å². The minimum atomic E-state index is 0. The van der Waals surface area contributed by atoms with Crippen LogP contribution in [-0.4, -0.2) is 40.8 Å². The van der Waals surface area contributed by atoms with Gasteiger partial charge in [-0.25, -0.2) is 9.98 Å². The molecule has 2 aromatic heterocycles. The molecule has 0 amide bonds. The third kappa shape index (κ3) is 5.99. The van der Waals surface area contributed by atoms with Crippen molar-refractivity contribution in [3.8, 4) is 11.6 Å². The number of hydrogen-bond donors (Lipinski definition) is 3. The Morgan fingerprint density at radius 1 is 1.26 bits per heavy atom. The number of aliphatic imine (C=N–C) groups is 1. The molecule has 3 heterocycles. The Hall–Kier alpha value is -2.56. The highest BCUT2D eigenvalue weighted by atomic mass is 127. The fourth-order valence-electron chi connectivity index (χ4n) is 3.61. The van der Waals surface area contributed by atoms with Crippen LogP contribution in [0.2, 0.25) is 0 Å².